The molecule has 0 saturated heterocycles. The van der Waals surface area contributed by atoms with Crippen LogP contribution in [-0.4, -0.2) is 27.2 Å². The van der Waals surface area contributed by atoms with Gasteiger partial charge in [-0.15, -0.1) is 0 Å². The maximum Gasteiger partial charge on any atom is 0.341 e. The van der Waals surface area contributed by atoms with Crippen LogP contribution in [0.15, 0.2) is 47.4 Å². The predicted octanol–water partition coefficient (Wildman–Crippen LogP) is 2.51. The van der Waals surface area contributed by atoms with Crippen molar-refractivity contribution >= 4 is 15.7 Å². The Balaban J connectivity index is 2.01. The Bertz CT molecular complexity index is 930. The number of fused-ring (bicyclic) bond motifs is 1. The molecule has 25 heavy (non-hydrogen) atoms. The van der Waals surface area contributed by atoms with Crippen LogP contribution in [0.5, 0.6) is 11.5 Å². The van der Waals surface area contributed by atoms with Crippen molar-refractivity contribution in [2.75, 3.05) is 7.11 Å². The molecule has 1 aliphatic rings. The summed E-state index contributed by atoms with van der Waals surface area (Å²) >= 11 is 0. The Morgan fingerprint density at radius 1 is 1.20 bits per heavy atom. The molecule has 1 amide bonds. The first-order valence-corrected chi connectivity index (χ1v) is 8.65. The fraction of sp³-hybridized carbons (Fsp3) is 0.188. The molecular weight excluding hydrogens is 356 g/mol. The zero-order valence-corrected chi connectivity index (χ0v) is 13.7. The summed E-state index contributed by atoms with van der Waals surface area (Å²) in [5, 5.41) is 2.55. The molecule has 0 aliphatic carbocycles. The second kappa shape index (κ2) is 6.32. The monoisotopic (exact) mass is 369 g/mol. The van der Waals surface area contributed by atoms with Crippen molar-refractivity contribution in [3.8, 4) is 11.5 Å². The zero-order valence-electron chi connectivity index (χ0n) is 12.9. The predicted molar refractivity (Wildman–Crippen MR) is 83.5 cm³/mol. The van der Waals surface area contributed by atoms with Crippen LogP contribution in [0.4, 0.5) is 8.78 Å². The maximum absolute atomic E-state index is 12.7. The Kier molecular flexibility index (Phi) is 4.34. The van der Waals surface area contributed by atoms with E-state index >= 15 is 0 Å². The highest BCUT2D eigenvalue weighted by atomic mass is 32.2. The number of sulfone groups is 1. The van der Waals surface area contributed by atoms with Crippen molar-refractivity contribution in [1.82, 2.24) is 5.32 Å². The highest BCUT2D eigenvalue weighted by Crippen LogP contribution is 2.37. The van der Waals surface area contributed by atoms with Gasteiger partial charge in [-0.3, -0.25) is 4.79 Å². The van der Waals surface area contributed by atoms with Crippen molar-refractivity contribution in [2.45, 2.75) is 16.9 Å². The number of carbonyl (C=O) groups excluding carboxylic acids is 1. The molecule has 2 aromatic carbocycles. The molecule has 0 saturated carbocycles. The summed E-state index contributed by atoms with van der Waals surface area (Å²) in [6, 6.07) is 9.65. The van der Waals surface area contributed by atoms with Gasteiger partial charge in [0.25, 0.3) is 5.91 Å². The molecule has 1 atom stereocenters. The normalized spacial score (nSPS) is 16.8. The number of carbonyl (C=O) groups is 1. The van der Waals surface area contributed by atoms with Crippen molar-refractivity contribution in [2.24, 2.45) is 0 Å². The molecule has 0 spiro atoms. The molecule has 1 aliphatic heterocycles. The minimum atomic E-state index is -4.75. The van der Waals surface area contributed by atoms with Crippen LogP contribution in [0.3, 0.4) is 0 Å². The summed E-state index contributed by atoms with van der Waals surface area (Å²) in [6.45, 7) is 0. The lowest BCUT2D eigenvalue weighted by Gasteiger charge is -2.28. The minimum Gasteiger partial charge on any atom is -0.493 e. The summed E-state index contributed by atoms with van der Waals surface area (Å²) in [6.07, 6.45) is -1.04. The second-order valence-corrected chi connectivity index (χ2v) is 7.10. The first-order chi connectivity index (χ1) is 11.8. The molecule has 1 heterocycles. The SMILES string of the molecule is COc1cccc2c1OC(c1cccc(S(=O)(=O)C(F)F)c1)NC2=O. The van der Waals surface area contributed by atoms with Crippen LogP contribution in [0.2, 0.25) is 0 Å². The number of para-hydroxylation sites is 1. The summed E-state index contributed by atoms with van der Waals surface area (Å²) < 4.78 is 59.6. The van der Waals surface area contributed by atoms with E-state index < -0.39 is 32.6 Å². The lowest BCUT2D eigenvalue weighted by Crippen LogP contribution is -2.37. The molecule has 1 N–H and O–H groups in total. The number of alkyl halides is 2. The van der Waals surface area contributed by atoms with E-state index in [1.165, 1.54) is 19.2 Å². The second-order valence-electron chi connectivity index (χ2n) is 5.19. The Morgan fingerprint density at radius 2 is 1.92 bits per heavy atom. The first-order valence-electron chi connectivity index (χ1n) is 7.11. The largest absolute Gasteiger partial charge is 0.493 e. The van der Waals surface area contributed by atoms with Crippen LogP contribution in [-0.2, 0) is 9.84 Å². The van der Waals surface area contributed by atoms with E-state index in [4.69, 9.17) is 9.47 Å². The van der Waals surface area contributed by atoms with Gasteiger partial charge < -0.3 is 14.8 Å². The van der Waals surface area contributed by atoms with Crippen LogP contribution in [0, 0.1) is 0 Å². The average molecular weight is 369 g/mol. The molecular formula is C16H13F2NO5S. The van der Waals surface area contributed by atoms with E-state index in [2.05, 4.69) is 5.32 Å². The van der Waals surface area contributed by atoms with Gasteiger partial charge in [0.2, 0.25) is 9.84 Å². The van der Waals surface area contributed by atoms with E-state index in [0.717, 1.165) is 12.1 Å². The topological polar surface area (TPSA) is 81.7 Å². The maximum atomic E-state index is 12.7. The molecule has 9 heteroatoms. The first kappa shape index (κ1) is 17.2. The van der Waals surface area contributed by atoms with Gasteiger partial charge in [-0.25, -0.2) is 8.42 Å². The van der Waals surface area contributed by atoms with Gasteiger partial charge in [0.05, 0.1) is 17.6 Å². The molecule has 0 aromatic heterocycles. The fourth-order valence-electron chi connectivity index (χ4n) is 2.43. The van der Waals surface area contributed by atoms with Gasteiger partial charge >= 0.3 is 5.76 Å². The molecule has 3 rings (SSSR count). The molecule has 1 unspecified atom stereocenters. The van der Waals surface area contributed by atoms with Crippen LogP contribution < -0.4 is 14.8 Å². The standard InChI is InChI=1S/C16H13F2NO5S/c1-23-12-7-3-6-11-13(12)24-15(19-14(11)20)9-4-2-5-10(8-9)25(21,22)16(17)18/h2-8,15-16H,1H3,(H,19,20). The Labute approximate surface area is 142 Å². The number of halogens is 2. The lowest BCUT2D eigenvalue weighted by atomic mass is 10.1. The summed E-state index contributed by atoms with van der Waals surface area (Å²) in [5.41, 5.74) is 0.471. The smallest absolute Gasteiger partial charge is 0.341 e. The van der Waals surface area contributed by atoms with Gasteiger partial charge in [0.15, 0.2) is 17.7 Å². The number of benzene rings is 2. The van der Waals surface area contributed by atoms with Crippen LogP contribution in [0.1, 0.15) is 22.1 Å². The number of methoxy groups -OCH3 is 1. The number of hydrogen-bond acceptors (Lipinski definition) is 5. The van der Waals surface area contributed by atoms with Crippen molar-refractivity contribution in [1.29, 1.82) is 0 Å². The highest BCUT2D eigenvalue weighted by molar-refractivity contribution is 7.91. The van der Waals surface area contributed by atoms with Gasteiger partial charge in [-0.2, -0.15) is 8.78 Å². The number of hydrogen-bond donors (Lipinski definition) is 1. The highest BCUT2D eigenvalue weighted by Gasteiger charge is 2.31. The van der Waals surface area contributed by atoms with Crippen LogP contribution in [0.25, 0.3) is 0 Å². The van der Waals surface area contributed by atoms with Gasteiger partial charge in [0, 0.05) is 5.56 Å². The number of nitrogens with one attached hydrogen (secondary N) is 1. The molecule has 0 bridgehead atoms. The molecule has 132 valence electrons. The Morgan fingerprint density at radius 3 is 2.60 bits per heavy atom. The molecule has 0 radical (unpaired) electrons. The third kappa shape index (κ3) is 3.02. The number of amides is 1. The van der Waals surface area contributed by atoms with Gasteiger partial charge in [0.1, 0.15) is 0 Å². The van der Waals surface area contributed by atoms with E-state index in [-0.39, 0.29) is 16.9 Å². The summed E-state index contributed by atoms with van der Waals surface area (Å²) in [5.74, 6) is -3.47. The number of ether oxygens (including phenoxy) is 2. The van der Waals surface area contributed by atoms with E-state index in [0.29, 0.717) is 5.75 Å². The van der Waals surface area contributed by atoms with Gasteiger partial charge in [-0.1, -0.05) is 18.2 Å². The lowest BCUT2D eigenvalue weighted by molar-refractivity contribution is 0.0746. The van der Waals surface area contributed by atoms with Crippen molar-refractivity contribution < 1.29 is 31.5 Å². The summed E-state index contributed by atoms with van der Waals surface area (Å²) in [7, 11) is -3.34. The fourth-order valence-corrected chi connectivity index (χ4v) is 3.20. The molecule has 0 fully saturated rings. The van der Waals surface area contributed by atoms with Crippen molar-refractivity contribution in [3.63, 3.8) is 0 Å². The quantitative estimate of drug-likeness (QED) is 0.896. The average Bonchev–Trinajstić information content (AvgIpc) is 2.61. The third-order valence-corrected chi connectivity index (χ3v) is 5.05. The molecule has 2 aromatic rings. The van der Waals surface area contributed by atoms with Gasteiger partial charge in [-0.05, 0) is 24.3 Å². The van der Waals surface area contributed by atoms with Crippen molar-refractivity contribution in [3.05, 3.63) is 53.6 Å². The molecule has 6 nitrogen and oxygen atoms in total. The van der Waals surface area contributed by atoms with E-state index in [9.17, 15) is 22.0 Å². The van der Waals surface area contributed by atoms with Crippen LogP contribution >= 0.6 is 0 Å². The summed E-state index contributed by atoms with van der Waals surface area (Å²) in [4.78, 5) is 11.7. The zero-order chi connectivity index (χ0) is 18.2. The Hall–Kier alpha value is -2.68. The third-order valence-electron chi connectivity index (χ3n) is 3.67. The van der Waals surface area contributed by atoms with E-state index in [1.54, 1.807) is 18.2 Å². The van der Waals surface area contributed by atoms with E-state index in [1.807, 2.05) is 0 Å². The number of rotatable bonds is 4. The minimum absolute atomic E-state index is 0.195.